The molecule has 1 saturated heterocycles. The Morgan fingerprint density at radius 1 is 0.710 bits per heavy atom. The van der Waals surface area contributed by atoms with Crippen molar-refractivity contribution in [2.45, 2.75) is 6.54 Å². The molecule has 3 aromatic carbocycles. The van der Waals surface area contributed by atoms with E-state index in [-0.39, 0.29) is 5.91 Å². The fraction of sp³-hybridized carbons (Fsp3) is 0.208. The Kier molecular flexibility index (Phi) is 7.35. The third-order valence-corrected chi connectivity index (χ3v) is 5.14. The van der Waals surface area contributed by atoms with Gasteiger partial charge < -0.3 is 15.1 Å². The number of piperazine rings is 1. The summed E-state index contributed by atoms with van der Waals surface area (Å²) in [7, 11) is 0. The van der Waals surface area contributed by atoms with E-state index in [0.717, 1.165) is 38.3 Å². The average molecular weight is 420 g/mol. The van der Waals surface area contributed by atoms with Crippen molar-refractivity contribution in [1.82, 2.24) is 9.80 Å². The van der Waals surface area contributed by atoms with Crippen LogP contribution in [0.3, 0.4) is 0 Å². The first-order valence-corrected chi connectivity index (χ1v) is 9.95. The minimum absolute atomic E-state index is 0.144. The number of hydrogen-bond acceptors (Lipinski definition) is 4. The predicted molar refractivity (Wildman–Crippen MR) is 117 cm³/mol. The van der Waals surface area contributed by atoms with E-state index in [4.69, 9.17) is 19.8 Å². The van der Waals surface area contributed by atoms with Gasteiger partial charge in [0.25, 0.3) is 5.91 Å². The average Bonchev–Trinajstić information content (AvgIpc) is 2.80. The largest absolute Gasteiger partial charge is 0.473 e. The smallest absolute Gasteiger partial charge is 0.414 e. The molecule has 4 rings (SSSR count). The molecule has 7 nitrogen and oxygen atoms in total. The van der Waals surface area contributed by atoms with Gasteiger partial charge in [-0.05, 0) is 28.5 Å². The first kappa shape index (κ1) is 22.0. The summed E-state index contributed by atoms with van der Waals surface area (Å²) < 4.78 is 0. The van der Waals surface area contributed by atoms with Crippen molar-refractivity contribution in [1.29, 1.82) is 0 Å². The van der Waals surface area contributed by atoms with Gasteiger partial charge in [0, 0.05) is 38.3 Å². The number of carboxylic acids is 2. The molecule has 160 valence electrons. The van der Waals surface area contributed by atoms with Gasteiger partial charge in [0.15, 0.2) is 0 Å². The molecule has 2 N–H and O–H groups in total. The topological polar surface area (TPSA) is 98.1 Å². The lowest BCUT2D eigenvalue weighted by molar-refractivity contribution is -0.159. The quantitative estimate of drug-likeness (QED) is 0.632. The second-order valence-electron chi connectivity index (χ2n) is 7.18. The highest BCUT2D eigenvalue weighted by Crippen LogP contribution is 2.20. The van der Waals surface area contributed by atoms with E-state index >= 15 is 0 Å². The number of rotatable bonds is 3. The molecule has 0 saturated carbocycles. The third kappa shape index (κ3) is 5.90. The van der Waals surface area contributed by atoms with Gasteiger partial charge in [0.1, 0.15) is 0 Å². The van der Waals surface area contributed by atoms with Crippen LogP contribution >= 0.6 is 0 Å². The lowest BCUT2D eigenvalue weighted by Gasteiger charge is -2.35. The molecular weight excluding hydrogens is 396 g/mol. The summed E-state index contributed by atoms with van der Waals surface area (Å²) in [5.74, 6) is -3.50. The Morgan fingerprint density at radius 3 is 1.94 bits per heavy atom. The maximum atomic E-state index is 12.5. The van der Waals surface area contributed by atoms with Crippen molar-refractivity contribution in [2.75, 3.05) is 26.2 Å². The Balaban J connectivity index is 0.000000401. The van der Waals surface area contributed by atoms with Crippen molar-refractivity contribution in [3.63, 3.8) is 0 Å². The zero-order valence-corrected chi connectivity index (χ0v) is 17.0. The molecule has 0 aliphatic carbocycles. The van der Waals surface area contributed by atoms with Gasteiger partial charge in [-0.3, -0.25) is 9.69 Å². The fourth-order valence-corrected chi connectivity index (χ4v) is 3.54. The van der Waals surface area contributed by atoms with Crippen LogP contribution in [0.5, 0.6) is 0 Å². The van der Waals surface area contributed by atoms with Crippen LogP contribution in [0, 0.1) is 0 Å². The zero-order valence-electron chi connectivity index (χ0n) is 17.0. The SMILES string of the molecule is O=C(O)C(=O)O.O=C(c1ccccc1)N1CCN(Cc2cccc3ccccc23)CC1. The van der Waals surface area contributed by atoms with Crippen LogP contribution in [0.1, 0.15) is 15.9 Å². The van der Waals surface area contributed by atoms with Crippen LogP contribution in [0.2, 0.25) is 0 Å². The number of carbonyl (C=O) groups is 3. The normalized spacial score (nSPS) is 13.9. The molecule has 0 unspecified atom stereocenters. The van der Waals surface area contributed by atoms with Crippen LogP contribution in [0.15, 0.2) is 72.8 Å². The van der Waals surface area contributed by atoms with Crippen molar-refractivity contribution in [2.24, 2.45) is 0 Å². The molecular formula is C24H24N2O5. The third-order valence-electron chi connectivity index (χ3n) is 5.14. The molecule has 1 fully saturated rings. The first-order valence-electron chi connectivity index (χ1n) is 9.95. The Labute approximate surface area is 180 Å². The number of hydrogen-bond donors (Lipinski definition) is 2. The number of carboxylic acid groups (broad SMARTS) is 2. The first-order chi connectivity index (χ1) is 15.0. The van der Waals surface area contributed by atoms with E-state index in [0.29, 0.717) is 0 Å². The zero-order chi connectivity index (χ0) is 22.2. The summed E-state index contributed by atoms with van der Waals surface area (Å²) in [5, 5.41) is 17.4. The molecule has 1 aliphatic rings. The molecule has 7 heteroatoms. The van der Waals surface area contributed by atoms with Crippen molar-refractivity contribution < 1.29 is 24.6 Å². The number of benzene rings is 3. The van der Waals surface area contributed by atoms with Crippen LogP contribution in [-0.2, 0) is 16.1 Å². The summed E-state index contributed by atoms with van der Waals surface area (Å²) in [6, 6.07) is 24.6. The van der Waals surface area contributed by atoms with Crippen LogP contribution in [0.4, 0.5) is 0 Å². The van der Waals surface area contributed by atoms with Crippen molar-refractivity contribution in [3.8, 4) is 0 Å². The van der Waals surface area contributed by atoms with Crippen LogP contribution in [0.25, 0.3) is 10.8 Å². The summed E-state index contributed by atoms with van der Waals surface area (Å²) >= 11 is 0. The fourth-order valence-electron chi connectivity index (χ4n) is 3.54. The molecule has 0 bridgehead atoms. The second kappa shape index (κ2) is 10.4. The Bertz CT molecular complexity index is 1040. The highest BCUT2D eigenvalue weighted by molar-refractivity contribution is 6.27. The number of carbonyl (C=O) groups excluding carboxylic acids is 1. The lowest BCUT2D eigenvalue weighted by atomic mass is 10.0. The van der Waals surface area contributed by atoms with Gasteiger partial charge in [0.05, 0.1) is 0 Å². The van der Waals surface area contributed by atoms with Gasteiger partial charge in [0.2, 0.25) is 0 Å². The van der Waals surface area contributed by atoms with Gasteiger partial charge >= 0.3 is 11.9 Å². The van der Waals surface area contributed by atoms with E-state index in [1.54, 1.807) is 0 Å². The maximum Gasteiger partial charge on any atom is 0.414 e. The molecule has 1 aliphatic heterocycles. The van der Waals surface area contributed by atoms with Crippen molar-refractivity contribution in [3.05, 3.63) is 83.9 Å². The standard InChI is InChI=1S/C22H22N2O.C2H2O4/c25-22(19-8-2-1-3-9-19)24-15-13-23(14-16-24)17-20-11-6-10-18-7-4-5-12-21(18)20;3-1(4)2(5)6/h1-12H,13-17H2;(H,3,4)(H,5,6). The van der Waals surface area contributed by atoms with Crippen LogP contribution < -0.4 is 0 Å². The Hall–Kier alpha value is -3.71. The van der Waals surface area contributed by atoms with E-state index in [9.17, 15) is 4.79 Å². The van der Waals surface area contributed by atoms with E-state index < -0.39 is 11.9 Å². The van der Waals surface area contributed by atoms with Crippen molar-refractivity contribution >= 4 is 28.6 Å². The minimum atomic E-state index is -1.82. The number of aliphatic carboxylic acids is 2. The molecule has 1 amide bonds. The molecule has 31 heavy (non-hydrogen) atoms. The summed E-state index contributed by atoms with van der Waals surface area (Å²) in [4.78, 5) is 35.2. The number of amides is 1. The maximum absolute atomic E-state index is 12.5. The summed E-state index contributed by atoms with van der Waals surface area (Å²) in [6.45, 7) is 4.36. The minimum Gasteiger partial charge on any atom is -0.473 e. The number of nitrogens with zero attached hydrogens (tertiary/aromatic N) is 2. The lowest BCUT2D eigenvalue weighted by Crippen LogP contribution is -2.48. The van der Waals surface area contributed by atoms with E-state index in [1.807, 2.05) is 35.2 Å². The molecule has 0 atom stereocenters. The molecule has 0 spiro atoms. The van der Waals surface area contributed by atoms with Crippen LogP contribution in [-0.4, -0.2) is 64.0 Å². The van der Waals surface area contributed by atoms with Gasteiger partial charge in [-0.2, -0.15) is 0 Å². The number of fused-ring (bicyclic) bond motifs is 1. The molecule has 0 radical (unpaired) electrons. The second-order valence-corrected chi connectivity index (χ2v) is 7.18. The predicted octanol–water partition coefficient (Wildman–Crippen LogP) is 2.95. The van der Waals surface area contributed by atoms with Gasteiger partial charge in [-0.25, -0.2) is 9.59 Å². The highest BCUT2D eigenvalue weighted by atomic mass is 16.4. The monoisotopic (exact) mass is 420 g/mol. The van der Waals surface area contributed by atoms with E-state index in [1.165, 1.54) is 16.3 Å². The van der Waals surface area contributed by atoms with Gasteiger partial charge in [-0.15, -0.1) is 0 Å². The molecule has 1 heterocycles. The Morgan fingerprint density at radius 2 is 1.29 bits per heavy atom. The van der Waals surface area contributed by atoms with E-state index in [2.05, 4.69) is 47.4 Å². The summed E-state index contributed by atoms with van der Waals surface area (Å²) in [6.07, 6.45) is 0. The molecule has 3 aromatic rings. The van der Waals surface area contributed by atoms with Gasteiger partial charge in [-0.1, -0.05) is 60.7 Å². The molecule has 0 aromatic heterocycles. The highest BCUT2D eigenvalue weighted by Gasteiger charge is 2.22. The summed E-state index contributed by atoms with van der Waals surface area (Å²) in [5.41, 5.74) is 2.14.